The van der Waals surface area contributed by atoms with Crippen LogP contribution in [0.5, 0.6) is 0 Å². The molecule has 0 spiro atoms. The minimum Gasteiger partial charge on any atom is -0.338 e. The Morgan fingerprint density at radius 1 is 1.00 bits per heavy atom. The van der Waals surface area contributed by atoms with Crippen LogP contribution in [-0.2, 0) is 17.9 Å². The fourth-order valence-corrected chi connectivity index (χ4v) is 2.82. The Morgan fingerprint density at radius 2 is 1.76 bits per heavy atom. The number of carbonyl (C=O) groups is 1. The molecule has 2 heterocycles. The molecule has 1 amide bonds. The number of carbonyl (C=O) groups excluding carboxylic acids is 1. The fourth-order valence-electron chi connectivity index (χ4n) is 2.82. The van der Waals surface area contributed by atoms with Crippen molar-refractivity contribution >= 4 is 5.91 Å². The molecule has 1 fully saturated rings. The molecule has 0 N–H and O–H groups in total. The number of rotatable bonds is 4. The summed E-state index contributed by atoms with van der Waals surface area (Å²) < 4.78 is 1.68. The van der Waals surface area contributed by atoms with Crippen molar-refractivity contribution in [1.82, 2.24) is 9.47 Å². The molecule has 1 aromatic carbocycles. The summed E-state index contributed by atoms with van der Waals surface area (Å²) in [6.07, 6.45) is 2.31. The molecule has 1 aliphatic heterocycles. The Morgan fingerprint density at radius 3 is 2.52 bits per heavy atom. The van der Waals surface area contributed by atoms with E-state index in [9.17, 15) is 9.59 Å². The van der Waals surface area contributed by atoms with Gasteiger partial charge in [-0.05, 0) is 11.6 Å². The molecule has 1 saturated heterocycles. The van der Waals surface area contributed by atoms with Crippen molar-refractivity contribution in [3.8, 4) is 0 Å². The highest BCUT2D eigenvalue weighted by atomic mass is 16.2. The number of hydrogen-bond donors (Lipinski definition) is 0. The zero-order valence-electron chi connectivity index (χ0n) is 11.8. The summed E-state index contributed by atoms with van der Waals surface area (Å²) in [7, 11) is 0. The minimum atomic E-state index is -0.00791. The SMILES string of the molecule is O=C1CC(Cn2ccccc2=O)CN1Cc1ccccc1. The molecule has 0 saturated carbocycles. The van der Waals surface area contributed by atoms with E-state index in [1.165, 1.54) is 0 Å². The third-order valence-electron chi connectivity index (χ3n) is 3.86. The third-order valence-corrected chi connectivity index (χ3v) is 3.86. The molecular formula is C17H18N2O2. The van der Waals surface area contributed by atoms with E-state index in [0.29, 0.717) is 19.5 Å². The van der Waals surface area contributed by atoms with Crippen molar-refractivity contribution in [3.63, 3.8) is 0 Å². The maximum Gasteiger partial charge on any atom is 0.250 e. The van der Waals surface area contributed by atoms with Crippen LogP contribution in [0.4, 0.5) is 0 Å². The van der Waals surface area contributed by atoms with E-state index >= 15 is 0 Å². The average molecular weight is 282 g/mol. The maximum absolute atomic E-state index is 12.1. The molecule has 0 radical (unpaired) electrons. The van der Waals surface area contributed by atoms with Gasteiger partial charge in [-0.2, -0.15) is 0 Å². The average Bonchev–Trinajstić information content (AvgIpc) is 2.82. The van der Waals surface area contributed by atoms with Crippen LogP contribution in [0.1, 0.15) is 12.0 Å². The lowest BCUT2D eigenvalue weighted by atomic mass is 10.1. The van der Waals surface area contributed by atoms with Crippen LogP contribution in [0.15, 0.2) is 59.5 Å². The monoisotopic (exact) mass is 282 g/mol. The molecule has 1 unspecified atom stereocenters. The fraction of sp³-hybridized carbons (Fsp3) is 0.294. The zero-order chi connectivity index (χ0) is 14.7. The Kier molecular flexibility index (Phi) is 3.86. The lowest BCUT2D eigenvalue weighted by Crippen LogP contribution is -2.26. The van der Waals surface area contributed by atoms with Crippen LogP contribution in [0.25, 0.3) is 0 Å². The summed E-state index contributed by atoms with van der Waals surface area (Å²) in [5.41, 5.74) is 1.13. The highest BCUT2D eigenvalue weighted by molar-refractivity contribution is 5.78. The van der Waals surface area contributed by atoms with E-state index in [1.54, 1.807) is 22.9 Å². The molecule has 1 aliphatic rings. The summed E-state index contributed by atoms with van der Waals surface area (Å²) in [4.78, 5) is 25.7. The Labute approximate surface area is 123 Å². The van der Waals surface area contributed by atoms with Crippen LogP contribution in [0, 0.1) is 5.92 Å². The van der Waals surface area contributed by atoms with Gasteiger partial charge in [-0.15, -0.1) is 0 Å². The van der Waals surface area contributed by atoms with E-state index in [2.05, 4.69) is 0 Å². The molecule has 3 rings (SSSR count). The topological polar surface area (TPSA) is 42.3 Å². The lowest BCUT2D eigenvalue weighted by Gasteiger charge is -2.17. The van der Waals surface area contributed by atoms with Gasteiger partial charge in [0.1, 0.15) is 0 Å². The van der Waals surface area contributed by atoms with E-state index < -0.39 is 0 Å². The van der Waals surface area contributed by atoms with Gasteiger partial charge in [-0.25, -0.2) is 0 Å². The number of nitrogens with zero attached hydrogens (tertiary/aromatic N) is 2. The van der Waals surface area contributed by atoms with Gasteiger partial charge in [0.15, 0.2) is 0 Å². The Balaban J connectivity index is 1.65. The predicted octanol–water partition coefficient (Wildman–Crippen LogP) is 1.90. The highest BCUT2D eigenvalue weighted by Crippen LogP contribution is 2.21. The minimum absolute atomic E-state index is 0.00791. The quantitative estimate of drug-likeness (QED) is 0.859. The molecule has 0 bridgehead atoms. The van der Waals surface area contributed by atoms with E-state index in [4.69, 9.17) is 0 Å². The summed E-state index contributed by atoms with van der Waals surface area (Å²) >= 11 is 0. The molecule has 4 heteroatoms. The number of benzene rings is 1. The molecule has 108 valence electrons. The van der Waals surface area contributed by atoms with Gasteiger partial charge in [0.25, 0.3) is 5.56 Å². The second-order valence-corrected chi connectivity index (χ2v) is 5.52. The molecular weight excluding hydrogens is 264 g/mol. The molecule has 4 nitrogen and oxygen atoms in total. The van der Waals surface area contributed by atoms with Gasteiger partial charge in [-0.3, -0.25) is 9.59 Å². The standard InChI is InChI=1S/C17H18N2O2/c20-16-8-4-5-9-18(16)12-15-10-17(21)19(13-15)11-14-6-2-1-3-7-14/h1-9,15H,10-13H2. The molecule has 0 aliphatic carbocycles. The summed E-state index contributed by atoms with van der Waals surface area (Å²) in [5.74, 6) is 0.383. The van der Waals surface area contributed by atoms with Crippen LogP contribution in [-0.4, -0.2) is 21.9 Å². The number of amides is 1. The van der Waals surface area contributed by atoms with Gasteiger partial charge in [0.2, 0.25) is 5.91 Å². The predicted molar refractivity (Wildman–Crippen MR) is 80.7 cm³/mol. The summed E-state index contributed by atoms with van der Waals surface area (Å²) in [6, 6.07) is 15.1. The van der Waals surface area contributed by atoms with Crippen LogP contribution < -0.4 is 5.56 Å². The van der Waals surface area contributed by atoms with E-state index in [1.807, 2.05) is 41.3 Å². The van der Waals surface area contributed by atoms with E-state index in [-0.39, 0.29) is 17.4 Å². The number of hydrogen-bond acceptors (Lipinski definition) is 2. The second-order valence-electron chi connectivity index (χ2n) is 5.52. The summed E-state index contributed by atoms with van der Waals surface area (Å²) in [5, 5.41) is 0. The van der Waals surface area contributed by atoms with Crippen molar-refractivity contribution < 1.29 is 4.79 Å². The van der Waals surface area contributed by atoms with Gasteiger partial charge < -0.3 is 9.47 Å². The van der Waals surface area contributed by atoms with Crippen molar-refractivity contribution in [2.24, 2.45) is 5.92 Å². The Hall–Kier alpha value is -2.36. The number of aromatic nitrogens is 1. The Bertz CT molecular complexity index is 678. The van der Waals surface area contributed by atoms with Crippen molar-refractivity contribution in [3.05, 3.63) is 70.6 Å². The first-order chi connectivity index (χ1) is 10.2. The van der Waals surface area contributed by atoms with Crippen molar-refractivity contribution in [2.45, 2.75) is 19.5 Å². The zero-order valence-corrected chi connectivity index (χ0v) is 11.8. The number of likely N-dealkylation sites (tertiary alicyclic amines) is 1. The van der Waals surface area contributed by atoms with Gasteiger partial charge in [0.05, 0.1) is 0 Å². The van der Waals surface area contributed by atoms with Crippen LogP contribution in [0.3, 0.4) is 0 Å². The first kappa shape index (κ1) is 13.6. The van der Waals surface area contributed by atoms with Crippen LogP contribution >= 0.6 is 0 Å². The van der Waals surface area contributed by atoms with E-state index in [0.717, 1.165) is 12.1 Å². The van der Waals surface area contributed by atoms with Crippen LogP contribution in [0.2, 0.25) is 0 Å². The molecule has 21 heavy (non-hydrogen) atoms. The van der Waals surface area contributed by atoms with Gasteiger partial charge >= 0.3 is 0 Å². The largest absolute Gasteiger partial charge is 0.338 e. The molecule has 1 atom stereocenters. The first-order valence-electron chi connectivity index (χ1n) is 7.19. The van der Waals surface area contributed by atoms with Crippen molar-refractivity contribution in [1.29, 1.82) is 0 Å². The highest BCUT2D eigenvalue weighted by Gasteiger charge is 2.29. The molecule has 1 aromatic heterocycles. The second kappa shape index (κ2) is 5.95. The molecule has 2 aromatic rings. The van der Waals surface area contributed by atoms with Gasteiger partial charge in [-0.1, -0.05) is 36.4 Å². The number of pyridine rings is 1. The smallest absolute Gasteiger partial charge is 0.250 e. The third kappa shape index (κ3) is 3.21. The lowest BCUT2D eigenvalue weighted by molar-refractivity contribution is -0.128. The first-order valence-corrected chi connectivity index (χ1v) is 7.19. The maximum atomic E-state index is 12.1. The normalized spacial score (nSPS) is 18.2. The summed E-state index contributed by atoms with van der Waals surface area (Å²) in [6.45, 7) is 1.98. The van der Waals surface area contributed by atoms with Crippen molar-refractivity contribution in [2.75, 3.05) is 6.54 Å². The van der Waals surface area contributed by atoms with Gasteiger partial charge in [0, 0.05) is 44.2 Å².